The van der Waals surface area contributed by atoms with Crippen LogP contribution in [0, 0.1) is 0 Å². The first-order valence-electron chi connectivity index (χ1n) is 34.0. The average molecular weight is 1220 g/mol. The lowest BCUT2D eigenvalue weighted by molar-refractivity contribution is 0.458. The number of rotatable bonds is 24. The molecule has 1 aliphatic rings. The van der Waals surface area contributed by atoms with Crippen molar-refractivity contribution in [3.8, 4) is 22.3 Å². The van der Waals surface area contributed by atoms with E-state index in [0.717, 1.165) is 126 Å². The smallest absolute Gasteiger partial charge is 0.100 e. The van der Waals surface area contributed by atoms with Gasteiger partial charge in [-0.25, -0.2) is 9.97 Å². The van der Waals surface area contributed by atoms with Crippen LogP contribution in [0.3, 0.4) is 0 Å². The molecule has 10 aromatic carbocycles. The van der Waals surface area contributed by atoms with E-state index in [1.807, 2.05) is 0 Å². The first-order chi connectivity index (χ1) is 43.9. The Morgan fingerprint density at radius 1 is 0.308 bits per heavy atom. The third-order valence-electron chi connectivity index (χ3n) is 20.2. The Kier molecular flexibility index (Phi) is 18.2. The van der Waals surface area contributed by atoms with Crippen molar-refractivity contribution in [2.75, 3.05) is 19.2 Å². The summed E-state index contributed by atoms with van der Waals surface area (Å²) in [7, 11) is 0. The zero-order valence-corrected chi connectivity index (χ0v) is 57.0. The molecule has 2 heterocycles. The number of benzene rings is 10. The van der Waals surface area contributed by atoms with Crippen molar-refractivity contribution in [2.45, 2.75) is 182 Å². The lowest BCUT2D eigenvalue weighted by Crippen LogP contribution is -2.18. The summed E-state index contributed by atoms with van der Waals surface area (Å²) in [6.07, 6.45) is 14.2. The number of aromatic nitrogens is 2. The minimum atomic E-state index is 0.0851. The number of nitrogens with one attached hydrogen (secondary N) is 2. The Morgan fingerprint density at radius 2 is 0.549 bits per heavy atom. The van der Waals surface area contributed by atoms with Crippen LogP contribution in [-0.2, 0) is 21.7 Å². The minimum Gasteiger partial charge on any atom is -0.311 e. The molecule has 11 aromatic rings. The summed E-state index contributed by atoms with van der Waals surface area (Å²) in [5.74, 6) is 0. The monoisotopic (exact) mass is 1220 g/mol. The standard InChI is InChI=1S/C84H94N6S/c1-13-17-53-81(5,6)59-33-45-65(46-34-59)89(66-47-35-60(36-48-66)82(7,8)54-18-14-2)63-41-29-57(30-42-63)73-77-78(86-76-72-28-24-22-26-70(72)69-25-21-23-27-71(69)75(76)85-77)74(80-79(73)87-91-88-80)58-31-43-64(44-32-58)90(67-49-37-61(38-50-67)83(9,10)55-19-15-3)68-51-39-62(40-52-68)84(11,12)56-20-16-4/h21-52,87-88H,13-20,53-56H2,1-12H3. The summed E-state index contributed by atoms with van der Waals surface area (Å²) in [5, 5.41) is 4.51. The maximum Gasteiger partial charge on any atom is 0.100 e. The summed E-state index contributed by atoms with van der Waals surface area (Å²) >= 11 is 1.50. The van der Waals surface area contributed by atoms with Crippen LogP contribution in [0.4, 0.5) is 45.5 Å². The van der Waals surface area contributed by atoms with E-state index in [-0.39, 0.29) is 21.7 Å². The summed E-state index contributed by atoms with van der Waals surface area (Å²) in [4.78, 5) is 16.6. The summed E-state index contributed by atoms with van der Waals surface area (Å²) in [5.41, 5.74) is 22.1. The Labute approximate surface area is 547 Å². The second-order valence-electron chi connectivity index (χ2n) is 28.4. The number of fused-ring (bicyclic) bond motifs is 8. The molecule has 6 nitrogen and oxygen atoms in total. The fourth-order valence-corrected chi connectivity index (χ4v) is 14.8. The average Bonchev–Trinajstić information content (AvgIpc) is 1.67. The van der Waals surface area contributed by atoms with Crippen molar-refractivity contribution < 1.29 is 0 Å². The lowest BCUT2D eigenvalue weighted by Gasteiger charge is -2.30. The molecular weight excluding hydrogens is 1130 g/mol. The van der Waals surface area contributed by atoms with Gasteiger partial charge in [0.1, 0.15) is 11.0 Å². The van der Waals surface area contributed by atoms with Gasteiger partial charge in [-0.15, -0.1) is 0 Å². The van der Waals surface area contributed by atoms with E-state index >= 15 is 0 Å². The van der Waals surface area contributed by atoms with Crippen molar-refractivity contribution in [2.24, 2.45) is 0 Å². The van der Waals surface area contributed by atoms with E-state index in [1.54, 1.807) is 0 Å². The van der Waals surface area contributed by atoms with Crippen LogP contribution in [0.2, 0.25) is 0 Å². The summed E-state index contributed by atoms with van der Waals surface area (Å²) in [6, 6.07) is 73.1. The van der Waals surface area contributed by atoms with Gasteiger partial charge in [-0.2, -0.15) is 0 Å². The van der Waals surface area contributed by atoms with Gasteiger partial charge in [-0.1, -0.05) is 256 Å². The maximum absolute atomic E-state index is 5.89. The van der Waals surface area contributed by atoms with Gasteiger partial charge < -0.3 is 19.2 Å². The zero-order valence-electron chi connectivity index (χ0n) is 56.2. The lowest BCUT2D eigenvalue weighted by atomic mass is 9.80. The van der Waals surface area contributed by atoms with Gasteiger partial charge in [0.05, 0.1) is 34.5 Å². The van der Waals surface area contributed by atoms with E-state index in [1.165, 1.54) is 96.5 Å². The molecule has 7 heteroatoms. The van der Waals surface area contributed by atoms with Gasteiger partial charge in [0.2, 0.25) is 0 Å². The summed E-state index contributed by atoms with van der Waals surface area (Å²) in [6.45, 7) is 28.2. The van der Waals surface area contributed by atoms with E-state index in [0.29, 0.717) is 0 Å². The molecule has 0 fully saturated rings. The molecule has 1 aromatic heterocycles. The molecule has 0 spiro atoms. The van der Waals surface area contributed by atoms with Gasteiger partial charge >= 0.3 is 0 Å². The predicted octanol–water partition coefficient (Wildman–Crippen LogP) is 25.6. The fourth-order valence-electron chi connectivity index (χ4n) is 14.1. The van der Waals surface area contributed by atoms with E-state index in [4.69, 9.17) is 9.97 Å². The zero-order chi connectivity index (χ0) is 63.7. The maximum atomic E-state index is 5.89. The highest BCUT2D eigenvalue weighted by Crippen LogP contribution is 2.53. The normalized spacial score (nSPS) is 12.8. The first-order valence-corrected chi connectivity index (χ1v) is 34.8. The number of nitrogens with zero attached hydrogens (tertiary/aromatic N) is 4. The number of hydrogen-bond donors (Lipinski definition) is 2. The molecule has 2 N–H and O–H groups in total. The third kappa shape index (κ3) is 12.6. The third-order valence-corrected chi connectivity index (χ3v) is 20.8. The molecule has 0 radical (unpaired) electrons. The Bertz CT molecular complexity index is 3930. The van der Waals surface area contributed by atoms with Crippen LogP contribution in [0.1, 0.15) is 182 Å². The topological polar surface area (TPSA) is 56.3 Å². The van der Waals surface area contributed by atoms with E-state index in [2.05, 4.69) is 296 Å². The van der Waals surface area contributed by atoms with Crippen LogP contribution < -0.4 is 19.2 Å². The molecule has 0 bridgehead atoms. The van der Waals surface area contributed by atoms with Crippen molar-refractivity contribution in [1.29, 1.82) is 0 Å². The molecule has 0 atom stereocenters. The highest BCUT2D eigenvalue weighted by Gasteiger charge is 2.31. The van der Waals surface area contributed by atoms with Crippen molar-refractivity contribution in [3.05, 3.63) is 216 Å². The molecule has 12 rings (SSSR count). The largest absolute Gasteiger partial charge is 0.311 e. The van der Waals surface area contributed by atoms with Crippen LogP contribution in [0.15, 0.2) is 194 Å². The molecule has 0 saturated heterocycles. The Balaban J connectivity index is 1.01. The van der Waals surface area contributed by atoms with Crippen molar-refractivity contribution in [1.82, 2.24) is 9.97 Å². The second-order valence-corrected chi connectivity index (χ2v) is 29.0. The number of hydrogen-bond acceptors (Lipinski definition) is 7. The number of unbranched alkanes of at least 4 members (excludes halogenated alkanes) is 4. The van der Waals surface area contributed by atoms with Crippen molar-refractivity contribution in [3.63, 3.8) is 0 Å². The highest BCUT2D eigenvalue weighted by molar-refractivity contribution is 8.02. The van der Waals surface area contributed by atoms with Gasteiger partial charge in [-0.05, 0) is 164 Å². The van der Waals surface area contributed by atoms with Crippen LogP contribution in [0.25, 0.3) is 65.9 Å². The SMILES string of the molecule is CCCCC(C)(C)c1ccc(N(c2ccc(-c3c4c(c(-c5ccc(N(c6ccc(C(C)(C)CCCC)cc6)c6ccc(C(C)(C)CCCC)cc6)cc5)c5nc6c7ccccc7c7ccccc7c6nc35)NSN4)cc2)c2ccc(C(C)(C)CCCC)cc2)cc1. The van der Waals surface area contributed by atoms with E-state index < -0.39 is 0 Å². The number of anilines is 8. The van der Waals surface area contributed by atoms with Crippen LogP contribution in [-0.4, -0.2) is 9.97 Å². The molecule has 1 aliphatic heterocycles. The van der Waals surface area contributed by atoms with Crippen LogP contribution >= 0.6 is 12.1 Å². The van der Waals surface area contributed by atoms with E-state index in [9.17, 15) is 0 Å². The first kappa shape index (κ1) is 63.0. The van der Waals surface area contributed by atoms with Gasteiger partial charge in [0.25, 0.3) is 0 Å². The van der Waals surface area contributed by atoms with Gasteiger partial charge in [-0.3, -0.25) is 0 Å². The summed E-state index contributed by atoms with van der Waals surface area (Å²) < 4.78 is 7.55. The van der Waals surface area contributed by atoms with Crippen LogP contribution in [0.5, 0.6) is 0 Å². The Morgan fingerprint density at radius 3 is 0.802 bits per heavy atom. The van der Waals surface area contributed by atoms with Gasteiger partial charge in [0.15, 0.2) is 0 Å². The molecule has 0 amide bonds. The molecule has 0 saturated carbocycles. The fraction of sp³-hybridized carbons (Fsp3) is 0.333. The molecular formula is C84H94N6S. The predicted molar refractivity (Wildman–Crippen MR) is 397 cm³/mol. The van der Waals surface area contributed by atoms with Gasteiger partial charge in [0, 0.05) is 56.0 Å². The molecule has 0 aliphatic carbocycles. The molecule has 466 valence electrons. The Hall–Kier alpha value is -8.13. The van der Waals surface area contributed by atoms with Crippen molar-refractivity contribution >= 4 is 101 Å². The minimum absolute atomic E-state index is 0.0851. The molecule has 0 unspecified atom stereocenters. The second kappa shape index (κ2) is 26.2. The highest BCUT2D eigenvalue weighted by atomic mass is 32.2. The molecule has 91 heavy (non-hydrogen) atoms. The quantitative estimate of drug-likeness (QED) is 0.0355.